The van der Waals surface area contributed by atoms with Crippen LogP contribution in [0.2, 0.25) is 0 Å². The van der Waals surface area contributed by atoms with E-state index in [1.165, 1.54) is 41.2 Å². The maximum absolute atomic E-state index is 13.7. The first-order valence-corrected chi connectivity index (χ1v) is 12.5. The molecule has 1 fully saturated rings. The van der Waals surface area contributed by atoms with Crippen LogP contribution < -0.4 is 5.32 Å². The van der Waals surface area contributed by atoms with Crippen molar-refractivity contribution in [1.29, 1.82) is 0 Å². The lowest BCUT2D eigenvalue weighted by Gasteiger charge is -2.39. The molecule has 0 spiro atoms. The highest BCUT2D eigenvalue weighted by molar-refractivity contribution is 6.01. The topological polar surface area (TPSA) is 32.3 Å². The van der Waals surface area contributed by atoms with E-state index in [1.54, 1.807) is 0 Å². The van der Waals surface area contributed by atoms with E-state index in [0.717, 1.165) is 30.5 Å². The van der Waals surface area contributed by atoms with Crippen molar-refractivity contribution in [3.8, 4) is 0 Å². The Bertz CT molecular complexity index is 1220. The Kier molecular flexibility index (Phi) is 5.21. The molecule has 1 N–H and O–H groups in total. The smallest absolute Gasteiger partial charge is 0.255 e. The van der Waals surface area contributed by atoms with E-state index in [2.05, 4.69) is 72.1 Å². The number of anilines is 1. The van der Waals surface area contributed by atoms with E-state index in [4.69, 9.17) is 0 Å². The summed E-state index contributed by atoms with van der Waals surface area (Å²) in [6.07, 6.45) is 11.7. The number of carbonyl (C=O) groups excluding carboxylic acids is 1. The summed E-state index contributed by atoms with van der Waals surface area (Å²) in [5.74, 6) is 0.964. The molecule has 3 unspecified atom stereocenters. The third-order valence-corrected chi connectivity index (χ3v) is 8.23. The van der Waals surface area contributed by atoms with Crippen LogP contribution in [-0.4, -0.2) is 23.9 Å². The van der Waals surface area contributed by atoms with Gasteiger partial charge in [0, 0.05) is 19.0 Å². The number of fused-ring (bicyclic) bond motifs is 4. The van der Waals surface area contributed by atoms with Gasteiger partial charge < -0.3 is 10.2 Å². The molecular formula is C30H32N2O. The fraction of sp³-hybridized carbons (Fsp3) is 0.367. The Balaban J connectivity index is 1.42. The van der Waals surface area contributed by atoms with Gasteiger partial charge in [-0.1, -0.05) is 86.0 Å². The third kappa shape index (κ3) is 3.45. The van der Waals surface area contributed by atoms with Crippen LogP contribution in [0.15, 0.2) is 72.8 Å². The number of rotatable bonds is 3. The Morgan fingerprint density at radius 1 is 0.909 bits per heavy atom. The highest BCUT2D eigenvalue weighted by Gasteiger charge is 2.40. The van der Waals surface area contributed by atoms with Gasteiger partial charge in [0.2, 0.25) is 0 Å². The van der Waals surface area contributed by atoms with E-state index in [-0.39, 0.29) is 11.9 Å². The first-order chi connectivity index (χ1) is 16.2. The molecule has 2 aliphatic carbocycles. The van der Waals surface area contributed by atoms with Crippen molar-refractivity contribution in [2.24, 2.45) is 5.92 Å². The van der Waals surface area contributed by atoms with Crippen molar-refractivity contribution < 1.29 is 4.79 Å². The fourth-order valence-corrected chi connectivity index (χ4v) is 6.45. The summed E-state index contributed by atoms with van der Waals surface area (Å²) in [6, 6.07) is 22.1. The van der Waals surface area contributed by atoms with Gasteiger partial charge in [-0.05, 0) is 53.1 Å². The molecule has 1 heterocycles. The van der Waals surface area contributed by atoms with Gasteiger partial charge in [-0.3, -0.25) is 4.79 Å². The van der Waals surface area contributed by atoms with Gasteiger partial charge in [-0.25, -0.2) is 0 Å². The van der Waals surface area contributed by atoms with E-state index in [0.29, 0.717) is 17.9 Å². The molecule has 1 aliphatic heterocycles. The van der Waals surface area contributed by atoms with Crippen molar-refractivity contribution in [1.82, 2.24) is 4.90 Å². The van der Waals surface area contributed by atoms with Crippen molar-refractivity contribution in [2.45, 2.75) is 56.5 Å². The minimum atomic E-state index is 0.156. The van der Waals surface area contributed by atoms with Gasteiger partial charge in [-0.2, -0.15) is 0 Å². The highest BCUT2D eigenvalue weighted by Crippen LogP contribution is 2.51. The Labute approximate surface area is 196 Å². The second kappa shape index (κ2) is 8.37. The number of amides is 1. The minimum Gasteiger partial charge on any atom is -0.377 e. The summed E-state index contributed by atoms with van der Waals surface area (Å²) in [5.41, 5.74) is 4.47. The van der Waals surface area contributed by atoms with E-state index < -0.39 is 0 Å². The quantitative estimate of drug-likeness (QED) is 0.445. The lowest BCUT2D eigenvalue weighted by Crippen LogP contribution is -2.39. The minimum absolute atomic E-state index is 0.156. The number of allylic oxidation sites excluding steroid dienone is 2. The molecule has 6 rings (SSSR count). The number of nitrogens with one attached hydrogen (secondary N) is 1. The van der Waals surface area contributed by atoms with Crippen LogP contribution in [-0.2, 0) is 0 Å². The van der Waals surface area contributed by atoms with Gasteiger partial charge in [0.05, 0.1) is 17.3 Å². The number of hydrogen-bond donors (Lipinski definition) is 1. The summed E-state index contributed by atoms with van der Waals surface area (Å²) in [6.45, 7) is 0. The number of carbonyl (C=O) groups is 1. The molecule has 3 aromatic carbocycles. The van der Waals surface area contributed by atoms with Gasteiger partial charge in [0.25, 0.3) is 5.91 Å². The largest absolute Gasteiger partial charge is 0.377 e. The van der Waals surface area contributed by atoms with E-state index >= 15 is 0 Å². The van der Waals surface area contributed by atoms with Crippen molar-refractivity contribution in [2.75, 3.05) is 12.4 Å². The summed E-state index contributed by atoms with van der Waals surface area (Å²) in [5, 5.41) is 6.47. The molecule has 0 saturated heterocycles. The molecule has 3 atom stereocenters. The SMILES string of the molecule is CN(C(=O)c1cccc2c1NC(c1cccc3ccccc13)C1CC=CC21)C1CCCCC1. The second-order valence-electron chi connectivity index (χ2n) is 10.0. The summed E-state index contributed by atoms with van der Waals surface area (Å²) >= 11 is 0. The number of nitrogens with zero attached hydrogens (tertiary/aromatic N) is 1. The van der Waals surface area contributed by atoms with Crippen LogP contribution in [0.3, 0.4) is 0 Å². The van der Waals surface area contributed by atoms with Crippen LogP contribution in [0, 0.1) is 5.92 Å². The normalized spacial score (nSPS) is 24.2. The number of benzene rings is 3. The maximum Gasteiger partial charge on any atom is 0.255 e. The van der Waals surface area contributed by atoms with Crippen molar-refractivity contribution in [3.63, 3.8) is 0 Å². The summed E-state index contributed by atoms with van der Waals surface area (Å²) in [4.78, 5) is 15.7. The van der Waals surface area contributed by atoms with Crippen LogP contribution >= 0.6 is 0 Å². The lowest BCUT2D eigenvalue weighted by molar-refractivity contribution is 0.0697. The number of hydrogen-bond acceptors (Lipinski definition) is 2. The number of para-hydroxylation sites is 1. The molecule has 168 valence electrons. The highest BCUT2D eigenvalue weighted by atomic mass is 16.2. The first-order valence-electron chi connectivity index (χ1n) is 12.5. The molecule has 3 nitrogen and oxygen atoms in total. The van der Waals surface area contributed by atoms with E-state index in [9.17, 15) is 4.79 Å². The summed E-state index contributed by atoms with van der Waals surface area (Å²) < 4.78 is 0. The van der Waals surface area contributed by atoms with Crippen LogP contribution in [0.5, 0.6) is 0 Å². The fourth-order valence-electron chi connectivity index (χ4n) is 6.45. The zero-order chi connectivity index (χ0) is 22.4. The zero-order valence-corrected chi connectivity index (χ0v) is 19.3. The molecule has 0 bridgehead atoms. The van der Waals surface area contributed by atoms with Crippen LogP contribution in [0.25, 0.3) is 10.8 Å². The third-order valence-electron chi connectivity index (χ3n) is 8.23. The molecular weight excluding hydrogens is 404 g/mol. The van der Waals surface area contributed by atoms with Crippen molar-refractivity contribution >= 4 is 22.4 Å². The monoisotopic (exact) mass is 436 g/mol. The lowest BCUT2D eigenvalue weighted by atomic mass is 9.75. The average molecular weight is 437 g/mol. The van der Waals surface area contributed by atoms with Gasteiger partial charge in [0.1, 0.15) is 0 Å². The van der Waals surface area contributed by atoms with Gasteiger partial charge in [0.15, 0.2) is 0 Å². The molecule has 1 saturated carbocycles. The molecule has 3 heteroatoms. The molecule has 33 heavy (non-hydrogen) atoms. The average Bonchev–Trinajstić information content (AvgIpc) is 3.38. The molecule has 0 aromatic heterocycles. The molecule has 3 aromatic rings. The Hall–Kier alpha value is -3.07. The Morgan fingerprint density at radius 2 is 1.67 bits per heavy atom. The predicted octanol–water partition coefficient (Wildman–Crippen LogP) is 7.07. The Morgan fingerprint density at radius 3 is 2.55 bits per heavy atom. The van der Waals surface area contributed by atoms with Gasteiger partial charge >= 0.3 is 0 Å². The van der Waals surface area contributed by atoms with Gasteiger partial charge in [-0.15, -0.1) is 0 Å². The standard InChI is InChI=1S/C30H32N2O/c1-32(21-12-3-2-4-13-21)30(33)27-19-9-18-26-23-15-8-17-25(23)28(31-29(26)27)24-16-7-11-20-10-5-6-14-22(20)24/h5-11,14-16,18-19,21,23,25,28,31H,2-4,12-13,17H2,1H3. The first kappa shape index (κ1) is 20.5. The molecule has 0 radical (unpaired) electrons. The summed E-state index contributed by atoms with van der Waals surface area (Å²) in [7, 11) is 2.00. The van der Waals surface area contributed by atoms with Crippen LogP contribution in [0.1, 0.15) is 72.0 Å². The zero-order valence-electron chi connectivity index (χ0n) is 19.3. The second-order valence-corrected chi connectivity index (χ2v) is 10.0. The van der Waals surface area contributed by atoms with Crippen molar-refractivity contribution in [3.05, 3.63) is 89.5 Å². The predicted molar refractivity (Wildman–Crippen MR) is 136 cm³/mol. The molecule has 1 amide bonds. The van der Waals surface area contributed by atoms with E-state index in [1.807, 2.05) is 18.0 Å². The van der Waals surface area contributed by atoms with Crippen LogP contribution in [0.4, 0.5) is 5.69 Å². The maximum atomic E-state index is 13.7. The molecule has 3 aliphatic rings.